The maximum atomic E-state index is 7.56. The standard InChI is InChI=1S/C38H61NO2/c1-2-10-26(11-3-1)39(27-19-20-29-25(23-27)18-17-24-9-4-5-12-28(24)29)33-15-8-14-30-31-21-22-35-36(38(31)41-37(30)33)32-13-6-7-16-34(32)40-35/h24-38H,1-23H2. The molecule has 2 heterocycles. The molecule has 9 rings (SSSR count). The summed E-state index contributed by atoms with van der Waals surface area (Å²) in [6.45, 7) is 0. The van der Waals surface area contributed by atoms with Gasteiger partial charge >= 0.3 is 0 Å². The van der Waals surface area contributed by atoms with Crippen molar-refractivity contribution in [2.24, 2.45) is 47.3 Å². The van der Waals surface area contributed by atoms with Crippen LogP contribution in [0.3, 0.4) is 0 Å². The Kier molecular flexibility index (Phi) is 7.53. The van der Waals surface area contributed by atoms with E-state index in [0.717, 1.165) is 59.4 Å². The van der Waals surface area contributed by atoms with E-state index in [9.17, 15) is 0 Å². The Morgan fingerprint density at radius 3 is 2.02 bits per heavy atom. The van der Waals surface area contributed by atoms with Crippen LogP contribution in [0.25, 0.3) is 0 Å². The molecule has 0 aromatic carbocycles. The highest BCUT2D eigenvalue weighted by atomic mass is 16.5. The van der Waals surface area contributed by atoms with Crippen LogP contribution in [0.1, 0.15) is 148 Å². The van der Waals surface area contributed by atoms with Crippen LogP contribution in [-0.4, -0.2) is 47.4 Å². The topological polar surface area (TPSA) is 21.7 Å². The summed E-state index contributed by atoms with van der Waals surface area (Å²) in [5.41, 5.74) is 0. The maximum Gasteiger partial charge on any atom is 0.0766 e. The minimum absolute atomic E-state index is 0.516. The van der Waals surface area contributed by atoms with Gasteiger partial charge in [0.25, 0.3) is 0 Å². The molecule has 9 aliphatic rings. The molecule has 0 spiro atoms. The monoisotopic (exact) mass is 563 g/mol. The SMILES string of the molecule is C1CCC(N(C2CCC3C(CCC4CCCCC43)C2)C2CCCC3C4CCC5OC6CCCCC6C5C4OC32)CC1. The molecule has 0 amide bonds. The summed E-state index contributed by atoms with van der Waals surface area (Å²) in [4.78, 5) is 3.27. The number of fused-ring (bicyclic) bond motifs is 10. The Bertz CT molecular complexity index is 916. The van der Waals surface area contributed by atoms with E-state index in [1.165, 1.54) is 116 Å². The molecule has 0 aromatic heterocycles. The van der Waals surface area contributed by atoms with Gasteiger partial charge in [-0.2, -0.15) is 0 Å². The third-order valence-corrected chi connectivity index (χ3v) is 15.6. The normalized spacial score (nSPS) is 53.5. The van der Waals surface area contributed by atoms with Crippen LogP contribution in [0.5, 0.6) is 0 Å². The van der Waals surface area contributed by atoms with Crippen LogP contribution >= 0.6 is 0 Å². The van der Waals surface area contributed by atoms with Gasteiger partial charge in [-0.25, -0.2) is 0 Å². The van der Waals surface area contributed by atoms with Gasteiger partial charge in [0.2, 0.25) is 0 Å². The van der Waals surface area contributed by atoms with Gasteiger partial charge in [-0.15, -0.1) is 0 Å². The van der Waals surface area contributed by atoms with Gasteiger partial charge < -0.3 is 9.47 Å². The third kappa shape index (κ3) is 4.65. The van der Waals surface area contributed by atoms with E-state index >= 15 is 0 Å². The molecule has 14 unspecified atom stereocenters. The van der Waals surface area contributed by atoms with Crippen LogP contribution in [0, 0.1) is 47.3 Å². The maximum absolute atomic E-state index is 7.56. The lowest BCUT2D eigenvalue weighted by Gasteiger charge is -2.55. The second kappa shape index (κ2) is 11.3. The van der Waals surface area contributed by atoms with Crippen molar-refractivity contribution < 1.29 is 9.47 Å². The van der Waals surface area contributed by atoms with Crippen molar-refractivity contribution in [3.63, 3.8) is 0 Å². The number of ether oxygens (including phenoxy) is 2. The molecule has 230 valence electrons. The first-order chi connectivity index (χ1) is 20.3. The predicted octanol–water partition coefficient (Wildman–Crippen LogP) is 8.93. The molecule has 3 heteroatoms. The molecule has 0 N–H and O–H groups in total. The summed E-state index contributed by atoms with van der Waals surface area (Å²) < 4.78 is 14.4. The first-order valence-corrected chi connectivity index (χ1v) is 19.4. The summed E-state index contributed by atoms with van der Waals surface area (Å²) in [5.74, 6) is 7.49. The minimum Gasteiger partial charge on any atom is -0.374 e. The van der Waals surface area contributed by atoms with E-state index in [4.69, 9.17) is 9.47 Å². The van der Waals surface area contributed by atoms with Crippen molar-refractivity contribution in [1.29, 1.82) is 0 Å². The largest absolute Gasteiger partial charge is 0.374 e. The van der Waals surface area contributed by atoms with Gasteiger partial charge in [0.1, 0.15) is 0 Å². The van der Waals surface area contributed by atoms with Crippen LogP contribution < -0.4 is 0 Å². The number of hydrogen-bond acceptors (Lipinski definition) is 3. The minimum atomic E-state index is 0.516. The van der Waals surface area contributed by atoms with Gasteiger partial charge in [0, 0.05) is 24.0 Å². The predicted molar refractivity (Wildman–Crippen MR) is 165 cm³/mol. The first-order valence-electron chi connectivity index (χ1n) is 19.4. The first kappa shape index (κ1) is 27.2. The Labute approximate surface area is 251 Å². The Morgan fingerprint density at radius 2 is 1.10 bits per heavy atom. The highest BCUT2D eigenvalue weighted by molar-refractivity contribution is 5.10. The van der Waals surface area contributed by atoms with Crippen molar-refractivity contribution >= 4 is 0 Å². The zero-order chi connectivity index (χ0) is 26.9. The Balaban J connectivity index is 0.976. The summed E-state index contributed by atoms with van der Waals surface area (Å²) >= 11 is 0. The molecule has 41 heavy (non-hydrogen) atoms. The highest BCUT2D eigenvalue weighted by Gasteiger charge is 2.61. The molecule has 3 nitrogen and oxygen atoms in total. The van der Waals surface area contributed by atoms with Gasteiger partial charge in [0.05, 0.1) is 24.4 Å². The molecule has 14 atom stereocenters. The van der Waals surface area contributed by atoms with Crippen LogP contribution in [0.15, 0.2) is 0 Å². The molecule has 7 aliphatic carbocycles. The van der Waals surface area contributed by atoms with Crippen LogP contribution in [0.2, 0.25) is 0 Å². The highest BCUT2D eigenvalue weighted by Crippen LogP contribution is 2.58. The zero-order valence-electron chi connectivity index (χ0n) is 26.2. The molecular weight excluding hydrogens is 502 g/mol. The fourth-order valence-corrected chi connectivity index (χ4v) is 14.1. The lowest BCUT2D eigenvalue weighted by molar-refractivity contribution is -0.109. The van der Waals surface area contributed by atoms with Crippen molar-refractivity contribution in [3.05, 3.63) is 0 Å². The van der Waals surface area contributed by atoms with Crippen molar-refractivity contribution in [2.75, 3.05) is 0 Å². The van der Waals surface area contributed by atoms with Gasteiger partial charge in [-0.05, 0) is 131 Å². The van der Waals surface area contributed by atoms with E-state index in [1.807, 2.05) is 0 Å². The summed E-state index contributed by atoms with van der Waals surface area (Å²) in [6.07, 6.45) is 36.0. The molecule has 0 radical (unpaired) electrons. The molecular formula is C38H61NO2. The van der Waals surface area contributed by atoms with Gasteiger partial charge in [0.15, 0.2) is 0 Å². The molecule has 2 aliphatic heterocycles. The second-order valence-corrected chi connectivity index (χ2v) is 17.1. The van der Waals surface area contributed by atoms with Gasteiger partial charge in [-0.1, -0.05) is 57.8 Å². The number of nitrogens with zero attached hydrogens (tertiary/aromatic N) is 1. The Morgan fingerprint density at radius 1 is 0.390 bits per heavy atom. The summed E-state index contributed by atoms with van der Waals surface area (Å²) in [7, 11) is 0. The lowest BCUT2D eigenvalue weighted by atomic mass is 9.57. The van der Waals surface area contributed by atoms with Crippen molar-refractivity contribution in [3.8, 4) is 0 Å². The van der Waals surface area contributed by atoms with Crippen LogP contribution in [-0.2, 0) is 9.47 Å². The number of hydrogen-bond donors (Lipinski definition) is 0. The molecule has 9 fully saturated rings. The van der Waals surface area contributed by atoms with E-state index in [1.54, 1.807) is 32.1 Å². The van der Waals surface area contributed by atoms with E-state index in [2.05, 4.69) is 4.90 Å². The zero-order valence-corrected chi connectivity index (χ0v) is 26.2. The summed E-state index contributed by atoms with van der Waals surface area (Å²) in [6, 6.07) is 2.40. The van der Waals surface area contributed by atoms with E-state index in [0.29, 0.717) is 30.5 Å². The fraction of sp³-hybridized carbons (Fsp3) is 1.00. The van der Waals surface area contributed by atoms with Crippen LogP contribution in [0.4, 0.5) is 0 Å². The summed E-state index contributed by atoms with van der Waals surface area (Å²) in [5, 5.41) is 0. The van der Waals surface area contributed by atoms with Crippen molar-refractivity contribution in [1.82, 2.24) is 4.90 Å². The molecule has 2 saturated heterocycles. The van der Waals surface area contributed by atoms with E-state index in [-0.39, 0.29) is 0 Å². The second-order valence-electron chi connectivity index (χ2n) is 17.1. The van der Waals surface area contributed by atoms with Gasteiger partial charge in [-0.3, -0.25) is 4.90 Å². The van der Waals surface area contributed by atoms with E-state index < -0.39 is 0 Å². The molecule has 7 saturated carbocycles. The molecule has 0 bridgehead atoms. The van der Waals surface area contributed by atoms with Crippen molar-refractivity contribution in [2.45, 2.75) is 190 Å². The molecule has 0 aromatic rings. The fourth-order valence-electron chi connectivity index (χ4n) is 14.1. The smallest absolute Gasteiger partial charge is 0.0766 e. The Hall–Kier alpha value is -0.120. The average Bonchev–Trinajstić information content (AvgIpc) is 3.60. The average molecular weight is 564 g/mol. The number of rotatable bonds is 3. The lowest BCUT2D eigenvalue weighted by Crippen LogP contribution is -2.59. The third-order valence-electron chi connectivity index (χ3n) is 15.6. The quantitative estimate of drug-likeness (QED) is 0.342.